The molecule has 2 heterocycles. The first-order chi connectivity index (χ1) is 6.68. The fraction of sp³-hybridized carbons (Fsp3) is 0.600. The molecule has 0 aliphatic carbocycles. The van der Waals surface area contributed by atoms with Crippen LogP contribution >= 0.6 is 11.3 Å². The molecule has 4 unspecified atom stereocenters. The average Bonchev–Trinajstić information content (AvgIpc) is 2.63. The maximum Gasteiger partial charge on any atom is 0.0515 e. The van der Waals surface area contributed by atoms with Crippen molar-refractivity contribution in [3.8, 4) is 0 Å². The summed E-state index contributed by atoms with van der Waals surface area (Å²) >= 11 is 1.70. The monoisotopic (exact) mass is 229 g/mol. The van der Waals surface area contributed by atoms with Gasteiger partial charge in [0.15, 0.2) is 0 Å². The Hall–Kier alpha value is -0.190. The fourth-order valence-corrected chi connectivity index (χ4v) is 3.99. The van der Waals surface area contributed by atoms with Crippen LogP contribution in [0.5, 0.6) is 0 Å². The molecule has 2 nitrogen and oxygen atoms in total. The minimum atomic E-state index is -0.688. The van der Waals surface area contributed by atoms with E-state index in [1.807, 2.05) is 0 Å². The third-order valence-corrected chi connectivity index (χ3v) is 5.30. The van der Waals surface area contributed by atoms with Crippen LogP contribution in [0, 0.1) is 0 Å². The van der Waals surface area contributed by atoms with Crippen LogP contribution in [0.25, 0.3) is 0 Å². The van der Waals surface area contributed by atoms with E-state index in [1.54, 1.807) is 11.3 Å². The lowest BCUT2D eigenvalue weighted by atomic mass is 10.1. The van der Waals surface area contributed by atoms with Gasteiger partial charge in [0, 0.05) is 28.6 Å². The summed E-state index contributed by atoms with van der Waals surface area (Å²) in [6.45, 7) is 4.17. The van der Waals surface area contributed by atoms with Gasteiger partial charge in [-0.25, -0.2) is 0 Å². The first-order valence-corrected chi connectivity index (χ1v) is 7.16. The molecule has 1 aromatic heterocycles. The molecule has 1 aromatic rings. The van der Waals surface area contributed by atoms with Crippen molar-refractivity contribution >= 4 is 22.1 Å². The van der Waals surface area contributed by atoms with Gasteiger partial charge in [0.25, 0.3) is 0 Å². The molecule has 4 atom stereocenters. The van der Waals surface area contributed by atoms with Crippen molar-refractivity contribution in [1.82, 2.24) is 5.32 Å². The topological polar surface area (TPSA) is 29.1 Å². The fourth-order valence-electron chi connectivity index (χ4n) is 1.86. The summed E-state index contributed by atoms with van der Waals surface area (Å²) in [6, 6.07) is 2.75. The Bertz CT molecular complexity index is 323. The van der Waals surface area contributed by atoms with E-state index in [0.717, 1.165) is 5.75 Å². The Morgan fingerprint density at radius 2 is 2.36 bits per heavy atom. The smallest absolute Gasteiger partial charge is 0.0515 e. The van der Waals surface area contributed by atoms with Gasteiger partial charge in [-0.3, -0.25) is 4.21 Å². The van der Waals surface area contributed by atoms with E-state index in [-0.39, 0.29) is 11.3 Å². The number of rotatable bonds is 1. The highest BCUT2D eigenvalue weighted by atomic mass is 32.2. The van der Waals surface area contributed by atoms with Crippen LogP contribution in [-0.4, -0.2) is 21.3 Å². The molecule has 0 spiro atoms. The number of nitrogens with one attached hydrogen (secondary N) is 1. The molecule has 0 radical (unpaired) electrons. The van der Waals surface area contributed by atoms with Crippen molar-refractivity contribution in [3.05, 3.63) is 22.4 Å². The van der Waals surface area contributed by atoms with Crippen molar-refractivity contribution in [1.29, 1.82) is 0 Å². The van der Waals surface area contributed by atoms with Gasteiger partial charge in [0.1, 0.15) is 0 Å². The molecule has 1 saturated heterocycles. The maximum atomic E-state index is 11.8. The largest absolute Gasteiger partial charge is 0.305 e. The molecule has 1 fully saturated rings. The first kappa shape index (κ1) is 10.3. The first-order valence-electron chi connectivity index (χ1n) is 4.84. The van der Waals surface area contributed by atoms with Crippen LogP contribution in [0.2, 0.25) is 0 Å². The van der Waals surface area contributed by atoms with Crippen molar-refractivity contribution in [2.45, 2.75) is 31.2 Å². The van der Waals surface area contributed by atoms with Crippen molar-refractivity contribution in [3.63, 3.8) is 0 Å². The zero-order valence-corrected chi connectivity index (χ0v) is 10.0. The van der Waals surface area contributed by atoms with Gasteiger partial charge in [-0.05, 0) is 36.2 Å². The second kappa shape index (κ2) is 4.13. The van der Waals surface area contributed by atoms with Gasteiger partial charge in [-0.2, -0.15) is 11.3 Å². The quantitative estimate of drug-likeness (QED) is 0.797. The second-order valence-electron chi connectivity index (χ2n) is 3.85. The molecule has 1 aliphatic rings. The molecular weight excluding hydrogens is 214 g/mol. The lowest BCUT2D eigenvalue weighted by Gasteiger charge is -2.33. The van der Waals surface area contributed by atoms with Crippen LogP contribution in [0.3, 0.4) is 0 Å². The molecule has 0 saturated carbocycles. The molecular formula is C10H15NOS2. The third kappa shape index (κ3) is 1.92. The van der Waals surface area contributed by atoms with E-state index in [4.69, 9.17) is 0 Å². The summed E-state index contributed by atoms with van der Waals surface area (Å²) in [5.41, 5.74) is 1.28. The molecule has 78 valence electrons. The zero-order valence-electron chi connectivity index (χ0n) is 8.40. The number of hydrogen-bond acceptors (Lipinski definition) is 3. The predicted octanol–water partition coefficient (Wildman–Crippen LogP) is 1.92. The van der Waals surface area contributed by atoms with Crippen LogP contribution in [0.15, 0.2) is 16.8 Å². The molecule has 14 heavy (non-hydrogen) atoms. The lowest BCUT2D eigenvalue weighted by Crippen LogP contribution is -2.47. The minimum absolute atomic E-state index is 0.223. The Balaban J connectivity index is 2.21. The van der Waals surface area contributed by atoms with Crippen LogP contribution in [-0.2, 0) is 10.8 Å². The molecule has 0 bridgehead atoms. The van der Waals surface area contributed by atoms with Gasteiger partial charge >= 0.3 is 0 Å². The molecule has 0 aromatic carbocycles. The summed E-state index contributed by atoms with van der Waals surface area (Å²) < 4.78 is 11.8. The van der Waals surface area contributed by atoms with Gasteiger partial charge in [-0.1, -0.05) is 0 Å². The lowest BCUT2D eigenvalue weighted by molar-refractivity contribution is 0.448. The maximum absolute atomic E-state index is 11.8. The van der Waals surface area contributed by atoms with E-state index in [9.17, 15) is 4.21 Å². The van der Waals surface area contributed by atoms with Crippen molar-refractivity contribution < 1.29 is 4.21 Å². The van der Waals surface area contributed by atoms with Crippen LogP contribution < -0.4 is 5.32 Å². The van der Waals surface area contributed by atoms with E-state index in [0.29, 0.717) is 6.04 Å². The van der Waals surface area contributed by atoms with E-state index >= 15 is 0 Å². The normalized spacial score (nSPS) is 38.4. The highest BCUT2D eigenvalue weighted by molar-refractivity contribution is 7.85. The van der Waals surface area contributed by atoms with Gasteiger partial charge in [0.2, 0.25) is 0 Å². The zero-order chi connectivity index (χ0) is 10.1. The SMILES string of the molecule is CC1CS(=O)C(C)C(c2ccsc2)N1. The van der Waals surface area contributed by atoms with Crippen LogP contribution in [0.4, 0.5) is 0 Å². The molecule has 0 amide bonds. The van der Waals surface area contributed by atoms with Gasteiger partial charge in [-0.15, -0.1) is 0 Å². The summed E-state index contributed by atoms with van der Waals surface area (Å²) in [5.74, 6) is 0.780. The third-order valence-electron chi connectivity index (χ3n) is 2.66. The summed E-state index contributed by atoms with van der Waals surface area (Å²) in [7, 11) is -0.688. The summed E-state index contributed by atoms with van der Waals surface area (Å²) in [5, 5.41) is 7.95. The Morgan fingerprint density at radius 3 is 3.00 bits per heavy atom. The standard InChI is InChI=1S/C10H15NOS2/c1-7-6-14(12)8(2)10(11-7)9-3-4-13-5-9/h3-5,7-8,10-11H,6H2,1-2H3. The minimum Gasteiger partial charge on any atom is -0.305 e. The van der Waals surface area contributed by atoms with E-state index < -0.39 is 10.8 Å². The van der Waals surface area contributed by atoms with Crippen molar-refractivity contribution in [2.24, 2.45) is 0 Å². The van der Waals surface area contributed by atoms with E-state index in [2.05, 4.69) is 36.0 Å². The Labute approximate surface area is 91.2 Å². The summed E-state index contributed by atoms with van der Waals surface area (Å²) in [4.78, 5) is 0. The average molecular weight is 229 g/mol. The Morgan fingerprint density at radius 1 is 1.57 bits per heavy atom. The van der Waals surface area contributed by atoms with Gasteiger partial charge in [0.05, 0.1) is 5.25 Å². The molecule has 2 rings (SSSR count). The Kier molecular flexibility index (Phi) is 3.04. The highest BCUT2D eigenvalue weighted by Gasteiger charge is 2.31. The molecule has 4 heteroatoms. The number of thiophene rings is 1. The van der Waals surface area contributed by atoms with E-state index in [1.165, 1.54) is 5.56 Å². The molecule has 1 aliphatic heterocycles. The summed E-state index contributed by atoms with van der Waals surface area (Å²) in [6.07, 6.45) is 0. The van der Waals surface area contributed by atoms with Crippen LogP contribution in [0.1, 0.15) is 25.5 Å². The highest BCUT2D eigenvalue weighted by Crippen LogP contribution is 2.26. The second-order valence-corrected chi connectivity index (χ2v) is 6.47. The number of hydrogen-bond donors (Lipinski definition) is 1. The van der Waals surface area contributed by atoms with Gasteiger partial charge < -0.3 is 5.32 Å². The predicted molar refractivity (Wildman–Crippen MR) is 62.1 cm³/mol. The molecule has 1 N–H and O–H groups in total. The van der Waals surface area contributed by atoms with Crippen molar-refractivity contribution in [2.75, 3.05) is 5.75 Å².